The first-order valence-corrected chi connectivity index (χ1v) is 8.79. The van der Waals surface area contributed by atoms with Gasteiger partial charge in [0.05, 0.1) is 25.4 Å². The number of amides is 1. The van der Waals surface area contributed by atoms with Crippen LogP contribution in [0.25, 0.3) is 0 Å². The number of aromatic nitrogens is 1. The van der Waals surface area contributed by atoms with Gasteiger partial charge in [-0.2, -0.15) is 0 Å². The van der Waals surface area contributed by atoms with Crippen LogP contribution in [0.15, 0.2) is 24.5 Å². The highest BCUT2D eigenvalue weighted by molar-refractivity contribution is 5.77. The predicted octanol–water partition coefficient (Wildman–Crippen LogP) is 1.78. The van der Waals surface area contributed by atoms with Crippen LogP contribution in [-0.4, -0.2) is 60.9 Å². The van der Waals surface area contributed by atoms with Crippen molar-refractivity contribution in [2.45, 2.75) is 44.5 Å². The predicted molar refractivity (Wildman–Crippen MR) is 88.4 cm³/mol. The molecule has 24 heavy (non-hydrogen) atoms. The molecule has 0 aromatic carbocycles. The molecule has 1 aromatic rings. The van der Waals surface area contributed by atoms with E-state index in [1.54, 1.807) is 6.20 Å². The molecule has 0 saturated carbocycles. The number of carbonyl (C=O) groups excluding carboxylic acids is 1. The molecule has 2 saturated heterocycles. The van der Waals surface area contributed by atoms with Gasteiger partial charge in [-0.3, -0.25) is 9.78 Å². The average Bonchev–Trinajstić information content (AvgIpc) is 3.15. The lowest BCUT2D eigenvalue weighted by Gasteiger charge is -2.32. The molecule has 2 aliphatic heterocycles. The lowest BCUT2D eigenvalue weighted by Crippen LogP contribution is -2.42. The Hall–Kier alpha value is -1.50. The number of piperidine rings is 1. The van der Waals surface area contributed by atoms with Gasteiger partial charge < -0.3 is 19.1 Å². The van der Waals surface area contributed by atoms with E-state index < -0.39 is 0 Å². The van der Waals surface area contributed by atoms with Crippen LogP contribution in [0.4, 0.5) is 0 Å². The summed E-state index contributed by atoms with van der Waals surface area (Å²) in [6.45, 7) is 3.54. The van der Waals surface area contributed by atoms with Crippen molar-refractivity contribution in [3.63, 3.8) is 0 Å². The largest absolute Gasteiger partial charge is 0.376 e. The zero-order valence-corrected chi connectivity index (χ0v) is 14.1. The summed E-state index contributed by atoms with van der Waals surface area (Å²) in [4.78, 5) is 18.1. The minimum absolute atomic E-state index is 0.0682. The van der Waals surface area contributed by atoms with Crippen LogP contribution in [0.3, 0.4) is 0 Å². The molecule has 1 amide bonds. The topological polar surface area (TPSA) is 60.9 Å². The van der Waals surface area contributed by atoms with Crippen molar-refractivity contribution in [2.24, 2.45) is 0 Å². The zero-order chi connectivity index (χ0) is 16.6. The summed E-state index contributed by atoms with van der Waals surface area (Å²) in [6.07, 6.45) is 7.84. The lowest BCUT2D eigenvalue weighted by atomic mass is 10.1. The Kier molecular flexibility index (Phi) is 6.57. The second-order valence-electron chi connectivity index (χ2n) is 6.40. The maximum Gasteiger partial charge on any atom is 0.248 e. The third-order valence-corrected chi connectivity index (χ3v) is 4.56. The van der Waals surface area contributed by atoms with E-state index in [2.05, 4.69) is 4.98 Å². The van der Waals surface area contributed by atoms with Crippen LogP contribution in [0.5, 0.6) is 0 Å². The molecule has 2 aliphatic rings. The third-order valence-electron chi connectivity index (χ3n) is 4.56. The van der Waals surface area contributed by atoms with E-state index >= 15 is 0 Å². The first-order chi connectivity index (χ1) is 11.8. The van der Waals surface area contributed by atoms with Gasteiger partial charge in [0.1, 0.15) is 6.61 Å². The van der Waals surface area contributed by atoms with Crippen molar-refractivity contribution in [1.29, 1.82) is 0 Å². The first-order valence-electron chi connectivity index (χ1n) is 8.79. The molecule has 1 aromatic heterocycles. The van der Waals surface area contributed by atoms with E-state index in [1.807, 2.05) is 23.2 Å². The van der Waals surface area contributed by atoms with Gasteiger partial charge in [0.15, 0.2) is 0 Å². The van der Waals surface area contributed by atoms with Crippen LogP contribution in [0.1, 0.15) is 31.2 Å². The van der Waals surface area contributed by atoms with E-state index in [1.165, 1.54) is 0 Å². The minimum atomic E-state index is 0.0682. The molecule has 0 unspecified atom stereocenters. The number of hydrogen-bond donors (Lipinski definition) is 0. The molecule has 0 bridgehead atoms. The smallest absolute Gasteiger partial charge is 0.248 e. The number of carbonyl (C=O) groups is 1. The summed E-state index contributed by atoms with van der Waals surface area (Å²) in [7, 11) is 0. The van der Waals surface area contributed by atoms with Crippen molar-refractivity contribution in [2.75, 3.05) is 32.9 Å². The van der Waals surface area contributed by atoms with Gasteiger partial charge in [-0.1, -0.05) is 6.07 Å². The lowest BCUT2D eigenvalue weighted by molar-refractivity contribution is -0.140. The Morgan fingerprint density at radius 1 is 1.33 bits per heavy atom. The Morgan fingerprint density at radius 3 is 2.92 bits per heavy atom. The van der Waals surface area contributed by atoms with Crippen LogP contribution in [0, 0.1) is 0 Å². The molecule has 3 rings (SSSR count). The SMILES string of the molecule is O=C(COC[C@H]1CCCO1)N1CCC(OCc2cccnc2)CC1. The average molecular weight is 334 g/mol. The van der Waals surface area contributed by atoms with Gasteiger partial charge in [-0.15, -0.1) is 0 Å². The van der Waals surface area contributed by atoms with Crippen LogP contribution >= 0.6 is 0 Å². The molecular formula is C18H26N2O4. The monoisotopic (exact) mass is 334 g/mol. The van der Waals surface area contributed by atoms with Crippen molar-refractivity contribution < 1.29 is 19.0 Å². The van der Waals surface area contributed by atoms with Gasteiger partial charge in [-0.05, 0) is 37.3 Å². The highest BCUT2D eigenvalue weighted by atomic mass is 16.5. The molecule has 6 heteroatoms. The van der Waals surface area contributed by atoms with E-state index in [4.69, 9.17) is 14.2 Å². The van der Waals surface area contributed by atoms with Crippen molar-refractivity contribution in [1.82, 2.24) is 9.88 Å². The van der Waals surface area contributed by atoms with E-state index in [9.17, 15) is 4.79 Å². The summed E-state index contributed by atoms with van der Waals surface area (Å²) in [5, 5.41) is 0. The Bertz CT molecular complexity index is 497. The molecular weight excluding hydrogens is 308 g/mol. The normalized spacial score (nSPS) is 22.0. The highest BCUT2D eigenvalue weighted by Crippen LogP contribution is 2.16. The maximum atomic E-state index is 12.2. The number of likely N-dealkylation sites (tertiary alicyclic amines) is 1. The molecule has 0 radical (unpaired) electrons. The second kappa shape index (κ2) is 9.11. The Labute approximate surface area is 143 Å². The number of rotatable bonds is 7. The Morgan fingerprint density at radius 2 is 2.21 bits per heavy atom. The van der Waals surface area contributed by atoms with Gasteiger partial charge in [0, 0.05) is 32.1 Å². The molecule has 0 N–H and O–H groups in total. The van der Waals surface area contributed by atoms with Gasteiger partial charge in [-0.25, -0.2) is 0 Å². The summed E-state index contributed by atoms with van der Waals surface area (Å²) in [5.41, 5.74) is 1.08. The number of hydrogen-bond acceptors (Lipinski definition) is 5. The molecule has 0 spiro atoms. The quantitative estimate of drug-likeness (QED) is 0.761. The molecule has 6 nitrogen and oxygen atoms in total. The summed E-state index contributed by atoms with van der Waals surface area (Å²) in [6, 6.07) is 3.92. The molecule has 1 atom stereocenters. The van der Waals surface area contributed by atoms with Crippen molar-refractivity contribution in [3.05, 3.63) is 30.1 Å². The summed E-state index contributed by atoms with van der Waals surface area (Å²) < 4.78 is 16.9. The van der Waals surface area contributed by atoms with Crippen LogP contribution in [-0.2, 0) is 25.6 Å². The van der Waals surface area contributed by atoms with Gasteiger partial charge in [0.25, 0.3) is 0 Å². The zero-order valence-electron chi connectivity index (χ0n) is 14.1. The maximum absolute atomic E-state index is 12.2. The van der Waals surface area contributed by atoms with E-state index in [0.29, 0.717) is 13.2 Å². The van der Waals surface area contributed by atoms with Gasteiger partial charge >= 0.3 is 0 Å². The Balaban J connectivity index is 1.30. The van der Waals surface area contributed by atoms with Crippen molar-refractivity contribution >= 4 is 5.91 Å². The van der Waals surface area contributed by atoms with Gasteiger partial charge in [0.2, 0.25) is 5.91 Å². The summed E-state index contributed by atoms with van der Waals surface area (Å²) >= 11 is 0. The fraction of sp³-hybridized carbons (Fsp3) is 0.667. The molecule has 132 valence electrons. The fourth-order valence-electron chi connectivity index (χ4n) is 3.11. The fourth-order valence-corrected chi connectivity index (χ4v) is 3.11. The molecule has 2 fully saturated rings. The number of nitrogens with zero attached hydrogens (tertiary/aromatic N) is 2. The highest BCUT2D eigenvalue weighted by Gasteiger charge is 2.24. The molecule has 3 heterocycles. The second-order valence-corrected chi connectivity index (χ2v) is 6.40. The number of pyridine rings is 1. The first kappa shape index (κ1) is 17.3. The number of ether oxygens (including phenoxy) is 3. The molecule has 0 aliphatic carbocycles. The van der Waals surface area contributed by atoms with Crippen LogP contribution in [0.2, 0.25) is 0 Å². The summed E-state index contributed by atoms with van der Waals surface area (Å²) in [5.74, 6) is 0.0682. The van der Waals surface area contributed by atoms with E-state index in [0.717, 1.165) is 50.9 Å². The van der Waals surface area contributed by atoms with E-state index in [-0.39, 0.29) is 24.7 Å². The standard InChI is InChI=1S/C18H26N2O4/c21-18(14-22-13-17-4-2-10-23-17)20-8-5-16(6-9-20)24-12-15-3-1-7-19-11-15/h1,3,7,11,16-17H,2,4-6,8-10,12-14H2/t17-/m1/s1. The minimum Gasteiger partial charge on any atom is -0.376 e. The van der Waals surface area contributed by atoms with Crippen LogP contribution < -0.4 is 0 Å². The third kappa shape index (κ3) is 5.26. The van der Waals surface area contributed by atoms with Crippen molar-refractivity contribution in [3.8, 4) is 0 Å².